The normalized spacial score (nSPS) is 16.5. The van der Waals surface area contributed by atoms with Crippen LogP contribution in [0, 0.1) is 0 Å². The molecular weight excluding hydrogens is 352 g/mol. The minimum atomic E-state index is -0.483. The summed E-state index contributed by atoms with van der Waals surface area (Å²) in [5.74, 6) is 0.0321. The van der Waals surface area contributed by atoms with Gasteiger partial charge in [0.15, 0.2) is 6.10 Å². The van der Waals surface area contributed by atoms with Crippen LogP contribution in [0.2, 0.25) is 0 Å². The molecule has 1 aliphatic heterocycles. The smallest absolute Gasteiger partial charge is 0.311 e. The van der Waals surface area contributed by atoms with Gasteiger partial charge < -0.3 is 9.47 Å². The van der Waals surface area contributed by atoms with Crippen LogP contribution in [0.3, 0.4) is 0 Å². The fourth-order valence-electron chi connectivity index (χ4n) is 3.66. The highest BCUT2D eigenvalue weighted by atomic mass is 16.6. The number of allylic oxidation sites excluding steroid dienone is 1. The lowest BCUT2D eigenvalue weighted by molar-refractivity contribution is -0.142. The van der Waals surface area contributed by atoms with Crippen molar-refractivity contribution in [3.8, 4) is 0 Å². The molecule has 0 saturated carbocycles. The van der Waals surface area contributed by atoms with Gasteiger partial charge in [-0.25, -0.2) is 0 Å². The van der Waals surface area contributed by atoms with Crippen LogP contribution in [0.15, 0.2) is 11.5 Å². The lowest BCUT2D eigenvalue weighted by Gasteiger charge is -2.05. The summed E-state index contributed by atoms with van der Waals surface area (Å²) in [5, 5.41) is 0. The van der Waals surface area contributed by atoms with Gasteiger partial charge in [-0.05, 0) is 19.8 Å². The zero-order valence-electron chi connectivity index (χ0n) is 18.5. The molecule has 0 saturated heterocycles. The maximum absolute atomic E-state index is 12.0. The quantitative estimate of drug-likeness (QED) is 0.197. The molecule has 0 spiro atoms. The van der Waals surface area contributed by atoms with E-state index < -0.39 is 6.10 Å². The Morgan fingerprint density at radius 1 is 0.821 bits per heavy atom. The van der Waals surface area contributed by atoms with E-state index >= 15 is 0 Å². The summed E-state index contributed by atoms with van der Waals surface area (Å²) < 4.78 is 10.7. The molecule has 0 aliphatic carbocycles. The van der Waals surface area contributed by atoms with Crippen molar-refractivity contribution in [2.75, 3.05) is 0 Å². The molecule has 0 radical (unpaired) electrons. The Kier molecular flexibility index (Phi) is 13.8. The van der Waals surface area contributed by atoms with Gasteiger partial charge in [-0.3, -0.25) is 9.59 Å². The third-order valence-corrected chi connectivity index (χ3v) is 5.48. The van der Waals surface area contributed by atoms with Crippen molar-refractivity contribution in [1.82, 2.24) is 0 Å². The molecule has 0 aromatic heterocycles. The average Bonchev–Trinajstić information content (AvgIpc) is 2.95. The second-order valence-electron chi connectivity index (χ2n) is 8.08. The lowest BCUT2D eigenvalue weighted by Crippen LogP contribution is -2.19. The summed E-state index contributed by atoms with van der Waals surface area (Å²) in [6, 6.07) is 0. The molecule has 1 rings (SSSR count). The maximum atomic E-state index is 12.0. The van der Waals surface area contributed by atoms with E-state index in [-0.39, 0.29) is 17.5 Å². The second kappa shape index (κ2) is 15.6. The molecule has 1 aliphatic rings. The number of unbranched alkanes of at least 4 members (excludes halogenated alkanes) is 13. The standard InChI is InChI=1S/C24H42O4/c1-4-6-7-8-9-10-11-12-13-14-15-16-17-18-19-22(25)28-24-20(3)27-21(5-2)23(24)26/h21H,4-19H2,1-3H3. The van der Waals surface area contributed by atoms with Crippen LogP contribution < -0.4 is 0 Å². The molecule has 1 heterocycles. The molecule has 162 valence electrons. The number of carbonyl (C=O) groups is 2. The molecule has 1 unspecified atom stereocenters. The Balaban J connectivity index is 1.92. The fraction of sp³-hybridized carbons (Fsp3) is 0.833. The van der Waals surface area contributed by atoms with Crippen molar-refractivity contribution in [1.29, 1.82) is 0 Å². The SMILES string of the molecule is CCCCCCCCCCCCCCCCC(=O)OC1=C(C)OC(CC)C1=O. The maximum Gasteiger partial charge on any atom is 0.311 e. The predicted octanol–water partition coefficient (Wildman–Crippen LogP) is 7.01. The molecule has 0 fully saturated rings. The summed E-state index contributed by atoms with van der Waals surface area (Å²) in [6.45, 7) is 5.83. The summed E-state index contributed by atoms with van der Waals surface area (Å²) in [4.78, 5) is 24.0. The second-order valence-corrected chi connectivity index (χ2v) is 8.08. The van der Waals surface area contributed by atoms with Crippen molar-refractivity contribution >= 4 is 11.8 Å². The summed E-state index contributed by atoms with van der Waals surface area (Å²) in [6.07, 6.45) is 18.5. The topological polar surface area (TPSA) is 52.6 Å². The highest BCUT2D eigenvalue weighted by Crippen LogP contribution is 2.25. The van der Waals surface area contributed by atoms with Gasteiger partial charge in [0.1, 0.15) is 5.76 Å². The van der Waals surface area contributed by atoms with Crippen molar-refractivity contribution < 1.29 is 19.1 Å². The van der Waals surface area contributed by atoms with E-state index in [4.69, 9.17) is 9.47 Å². The largest absolute Gasteiger partial charge is 0.483 e. The fourth-order valence-corrected chi connectivity index (χ4v) is 3.66. The zero-order valence-corrected chi connectivity index (χ0v) is 18.5. The van der Waals surface area contributed by atoms with Gasteiger partial charge in [0.25, 0.3) is 0 Å². The molecule has 0 aromatic carbocycles. The third kappa shape index (κ3) is 10.3. The molecular formula is C24H42O4. The minimum absolute atomic E-state index is 0.113. The van der Waals surface area contributed by atoms with E-state index in [1.54, 1.807) is 6.92 Å². The van der Waals surface area contributed by atoms with Crippen molar-refractivity contribution in [2.45, 2.75) is 130 Å². The van der Waals surface area contributed by atoms with Gasteiger partial charge in [0, 0.05) is 6.42 Å². The summed E-state index contributed by atoms with van der Waals surface area (Å²) in [5.41, 5.74) is 0. The van der Waals surface area contributed by atoms with Crippen molar-refractivity contribution in [3.63, 3.8) is 0 Å². The van der Waals surface area contributed by atoms with Gasteiger partial charge >= 0.3 is 5.97 Å². The van der Waals surface area contributed by atoms with Gasteiger partial charge in [-0.2, -0.15) is 0 Å². The molecule has 0 amide bonds. The van der Waals surface area contributed by atoms with Crippen LogP contribution in [0.5, 0.6) is 0 Å². The molecule has 0 N–H and O–H groups in total. The van der Waals surface area contributed by atoms with Gasteiger partial charge in [0.05, 0.1) is 0 Å². The molecule has 0 bridgehead atoms. The molecule has 4 heteroatoms. The number of Topliss-reactive ketones (excluding diaryl/α,β-unsaturated/α-hetero) is 1. The van der Waals surface area contributed by atoms with Crippen LogP contribution in [-0.2, 0) is 19.1 Å². The molecule has 28 heavy (non-hydrogen) atoms. The minimum Gasteiger partial charge on any atom is -0.483 e. The lowest BCUT2D eigenvalue weighted by atomic mass is 10.0. The third-order valence-electron chi connectivity index (χ3n) is 5.48. The van der Waals surface area contributed by atoms with Crippen LogP contribution >= 0.6 is 0 Å². The van der Waals surface area contributed by atoms with E-state index in [1.165, 1.54) is 77.0 Å². The highest BCUT2D eigenvalue weighted by Gasteiger charge is 2.34. The first kappa shape index (κ1) is 24.7. The van der Waals surface area contributed by atoms with Crippen LogP contribution in [-0.4, -0.2) is 17.9 Å². The number of carbonyl (C=O) groups excluding carboxylic acids is 2. The molecule has 0 aromatic rings. The zero-order chi connectivity index (χ0) is 20.6. The number of hydrogen-bond donors (Lipinski definition) is 0. The van der Waals surface area contributed by atoms with Crippen LogP contribution in [0.25, 0.3) is 0 Å². The number of hydrogen-bond acceptors (Lipinski definition) is 4. The van der Waals surface area contributed by atoms with E-state index in [2.05, 4.69) is 6.92 Å². The molecule has 1 atom stereocenters. The number of ketones is 1. The average molecular weight is 395 g/mol. The first-order valence-electron chi connectivity index (χ1n) is 11.7. The predicted molar refractivity (Wildman–Crippen MR) is 114 cm³/mol. The van der Waals surface area contributed by atoms with Gasteiger partial charge in [-0.1, -0.05) is 97.3 Å². The van der Waals surface area contributed by atoms with Crippen molar-refractivity contribution in [3.05, 3.63) is 11.5 Å². The van der Waals surface area contributed by atoms with E-state index in [1.807, 2.05) is 6.92 Å². The van der Waals surface area contributed by atoms with Crippen LogP contribution in [0.1, 0.15) is 124 Å². The van der Waals surface area contributed by atoms with Crippen molar-refractivity contribution in [2.24, 2.45) is 0 Å². The first-order valence-corrected chi connectivity index (χ1v) is 11.7. The number of rotatable bonds is 17. The Morgan fingerprint density at radius 3 is 1.71 bits per heavy atom. The van der Waals surface area contributed by atoms with Gasteiger partial charge in [-0.15, -0.1) is 0 Å². The number of esters is 1. The first-order chi connectivity index (χ1) is 13.6. The summed E-state index contributed by atoms with van der Waals surface area (Å²) >= 11 is 0. The Hall–Kier alpha value is -1.32. The van der Waals surface area contributed by atoms with E-state index in [0.29, 0.717) is 18.6 Å². The summed E-state index contributed by atoms with van der Waals surface area (Å²) in [7, 11) is 0. The van der Waals surface area contributed by atoms with Gasteiger partial charge in [0.2, 0.25) is 11.5 Å². The Labute approximate surface area is 172 Å². The molecule has 4 nitrogen and oxygen atoms in total. The Bertz CT molecular complexity index is 481. The highest BCUT2D eigenvalue weighted by molar-refractivity contribution is 6.01. The van der Waals surface area contributed by atoms with E-state index in [0.717, 1.165) is 12.8 Å². The van der Waals surface area contributed by atoms with E-state index in [9.17, 15) is 9.59 Å². The Morgan fingerprint density at radius 2 is 1.29 bits per heavy atom. The van der Waals surface area contributed by atoms with Crippen LogP contribution in [0.4, 0.5) is 0 Å². The monoisotopic (exact) mass is 394 g/mol. The number of ether oxygens (including phenoxy) is 2.